The third-order valence-corrected chi connectivity index (χ3v) is 6.85. The second kappa shape index (κ2) is 12.7. The lowest BCUT2D eigenvalue weighted by atomic mass is 9.88. The van der Waals surface area contributed by atoms with Crippen molar-refractivity contribution in [1.29, 1.82) is 0 Å². The highest BCUT2D eigenvalue weighted by molar-refractivity contribution is 5.67. The van der Waals surface area contributed by atoms with Crippen LogP contribution in [0.4, 0.5) is 0 Å². The highest BCUT2D eigenvalue weighted by Crippen LogP contribution is 2.33. The number of aliphatic carboxylic acids is 1. The molecule has 3 rings (SSSR count). The van der Waals surface area contributed by atoms with Crippen molar-refractivity contribution < 1.29 is 24.5 Å². The van der Waals surface area contributed by atoms with Crippen molar-refractivity contribution in [3.63, 3.8) is 0 Å². The molecule has 6 nitrogen and oxygen atoms in total. The largest absolute Gasteiger partial charge is 0.491 e. The number of fused-ring (bicyclic) bond motifs is 1. The summed E-state index contributed by atoms with van der Waals surface area (Å²) in [7, 11) is 0. The van der Waals surface area contributed by atoms with Crippen molar-refractivity contribution in [1.82, 2.24) is 5.32 Å². The van der Waals surface area contributed by atoms with Crippen LogP contribution < -0.4 is 10.1 Å². The fraction of sp³-hybridized carbons (Fsp3) is 0.567. The summed E-state index contributed by atoms with van der Waals surface area (Å²) < 4.78 is 12.0. The van der Waals surface area contributed by atoms with Gasteiger partial charge in [-0.05, 0) is 89.0 Å². The summed E-state index contributed by atoms with van der Waals surface area (Å²) in [6.45, 7) is 10.9. The molecule has 1 aliphatic carbocycles. The third-order valence-electron chi connectivity index (χ3n) is 6.85. The maximum absolute atomic E-state index is 11.2. The molecule has 0 amide bonds. The van der Waals surface area contributed by atoms with E-state index in [-0.39, 0.29) is 30.8 Å². The minimum Gasteiger partial charge on any atom is -0.491 e. The van der Waals surface area contributed by atoms with Crippen LogP contribution >= 0.6 is 0 Å². The van der Waals surface area contributed by atoms with E-state index in [9.17, 15) is 15.0 Å². The van der Waals surface area contributed by atoms with Crippen LogP contribution in [0.2, 0.25) is 0 Å². The number of carbonyl (C=O) groups is 1. The van der Waals surface area contributed by atoms with Gasteiger partial charge in [-0.2, -0.15) is 0 Å². The number of rotatable bonds is 14. The molecule has 0 heterocycles. The number of hydrogen-bond donors (Lipinski definition) is 3. The van der Waals surface area contributed by atoms with E-state index >= 15 is 0 Å². The zero-order valence-corrected chi connectivity index (χ0v) is 22.4. The van der Waals surface area contributed by atoms with Crippen molar-refractivity contribution in [2.75, 3.05) is 13.2 Å². The summed E-state index contributed by atoms with van der Waals surface area (Å²) in [4.78, 5) is 11.2. The Kier molecular flexibility index (Phi) is 9.94. The van der Waals surface area contributed by atoms with Crippen LogP contribution in [-0.4, -0.2) is 47.1 Å². The van der Waals surface area contributed by atoms with E-state index in [4.69, 9.17) is 9.47 Å². The van der Waals surface area contributed by atoms with Gasteiger partial charge in [-0.1, -0.05) is 36.4 Å². The number of aliphatic hydroxyl groups is 1. The molecule has 0 spiro atoms. The van der Waals surface area contributed by atoms with Crippen molar-refractivity contribution in [3.8, 4) is 5.75 Å². The van der Waals surface area contributed by atoms with Crippen molar-refractivity contribution in [2.24, 2.45) is 5.92 Å². The van der Waals surface area contributed by atoms with Crippen molar-refractivity contribution in [2.45, 2.75) is 90.6 Å². The Morgan fingerprint density at radius 2 is 1.75 bits per heavy atom. The number of ether oxygens (including phenoxy) is 2. The van der Waals surface area contributed by atoms with E-state index in [1.807, 2.05) is 39.0 Å². The van der Waals surface area contributed by atoms with Crippen LogP contribution in [0.25, 0.3) is 0 Å². The molecule has 3 N–H and O–H groups in total. The standard InChI is InChI=1S/C30H43NO5/c1-20(2)36-28-12-8-11-26(27(28)13-14-29(33)34)21(3)35-19-25(32)18-31-30(4,5)17-22-15-23-9-6-7-10-24(23)16-22/h6-12,20-22,25,31-32H,13-19H2,1-5H3,(H,33,34)/t21-,25-/m1/s1. The second-order valence-corrected chi connectivity index (χ2v) is 11.0. The average Bonchev–Trinajstić information content (AvgIpc) is 3.21. The van der Waals surface area contributed by atoms with Crippen LogP contribution in [0.1, 0.15) is 75.8 Å². The number of aliphatic hydroxyl groups excluding tert-OH is 1. The molecule has 0 unspecified atom stereocenters. The second-order valence-electron chi connectivity index (χ2n) is 11.0. The van der Waals surface area contributed by atoms with Gasteiger partial charge in [0, 0.05) is 24.1 Å². The topological polar surface area (TPSA) is 88.0 Å². The van der Waals surface area contributed by atoms with E-state index < -0.39 is 12.1 Å². The Bertz CT molecular complexity index is 978. The Labute approximate surface area is 216 Å². The molecule has 198 valence electrons. The number of β-amino-alcohol motifs (C(OH)–C–C–N with tert-alkyl or cyclic N) is 1. The molecular weight excluding hydrogens is 454 g/mol. The monoisotopic (exact) mass is 497 g/mol. The fourth-order valence-electron chi connectivity index (χ4n) is 5.21. The smallest absolute Gasteiger partial charge is 0.303 e. The molecular formula is C30H43NO5. The maximum Gasteiger partial charge on any atom is 0.303 e. The van der Waals surface area contributed by atoms with Gasteiger partial charge < -0.3 is 25.0 Å². The van der Waals surface area contributed by atoms with Crippen LogP contribution in [0, 0.1) is 5.92 Å². The predicted molar refractivity (Wildman–Crippen MR) is 143 cm³/mol. The first-order valence-electron chi connectivity index (χ1n) is 13.2. The molecule has 2 aromatic rings. The first kappa shape index (κ1) is 28.2. The Morgan fingerprint density at radius 1 is 1.08 bits per heavy atom. The summed E-state index contributed by atoms with van der Waals surface area (Å²) in [6.07, 6.45) is 2.70. The zero-order chi connectivity index (χ0) is 26.3. The number of carboxylic acids is 1. The molecule has 0 saturated carbocycles. The van der Waals surface area contributed by atoms with Gasteiger partial charge in [0.2, 0.25) is 0 Å². The van der Waals surface area contributed by atoms with Crippen LogP contribution in [-0.2, 0) is 28.8 Å². The van der Waals surface area contributed by atoms with E-state index in [0.717, 1.165) is 30.4 Å². The molecule has 0 aliphatic heterocycles. The van der Waals surface area contributed by atoms with E-state index in [0.29, 0.717) is 24.6 Å². The summed E-state index contributed by atoms with van der Waals surface area (Å²) >= 11 is 0. The summed E-state index contributed by atoms with van der Waals surface area (Å²) in [5.41, 5.74) is 4.59. The lowest BCUT2D eigenvalue weighted by Gasteiger charge is -2.31. The summed E-state index contributed by atoms with van der Waals surface area (Å²) in [6, 6.07) is 14.4. The number of nitrogens with one attached hydrogen (secondary N) is 1. The first-order chi connectivity index (χ1) is 17.0. The van der Waals surface area contributed by atoms with Gasteiger partial charge in [0.25, 0.3) is 0 Å². The number of hydrogen-bond acceptors (Lipinski definition) is 5. The molecule has 0 bridgehead atoms. The van der Waals surface area contributed by atoms with Crippen molar-refractivity contribution in [3.05, 3.63) is 64.7 Å². The SMILES string of the molecule is CC(C)Oc1cccc([C@@H](C)OC[C@H](O)CNC(C)(C)CC2Cc3ccccc3C2)c1CCC(=O)O. The lowest BCUT2D eigenvalue weighted by molar-refractivity contribution is -0.136. The van der Waals surface area contributed by atoms with E-state index in [1.54, 1.807) is 0 Å². The highest BCUT2D eigenvalue weighted by Gasteiger charge is 2.28. The average molecular weight is 498 g/mol. The molecule has 2 atom stereocenters. The van der Waals surface area contributed by atoms with Crippen molar-refractivity contribution >= 4 is 5.97 Å². The molecule has 1 aliphatic rings. The predicted octanol–water partition coefficient (Wildman–Crippen LogP) is 5.10. The van der Waals surface area contributed by atoms with Crippen LogP contribution in [0.5, 0.6) is 5.75 Å². The van der Waals surface area contributed by atoms with Crippen LogP contribution in [0.15, 0.2) is 42.5 Å². The maximum atomic E-state index is 11.2. The molecule has 2 aromatic carbocycles. The van der Waals surface area contributed by atoms with Gasteiger partial charge in [-0.3, -0.25) is 4.79 Å². The fourth-order valence-corrected chi connectivity index (χ4v) is 5.21. The number of carboxylic acid groups (broad SMARTS) is 1. The quantitative estimate of drug-likeness (QED) is 0.336. The van der Waals surface area contributed by atoms with Gasteiger partial charge in [-0.15, -0.1) is 0 Å². The Hall–Kier alpha value is -2.41. The molecule has 0 radical (unpaired) electrons. The van der Waals surface area contributed by atoms with E-state index in [1.165, 1.54) is 11.1 Å². The van der Waals surface area contributed by atoms with Crippen LogP contribution in [0.3, 0.4) is 0 Å². The molecule has 6 heteroatoms. The third kappa shape index (κ3) is 8.32. The molecule has 0 aromatic heterocycles. The minimum atomic E-state index is -0.848. The minimum absolute atomic E-state index is 0.0188. The first-order valence-corrected chi connectivity index (χ1v) is 13.2. The molecule has 0 fully saturated rings. The molecule has 36 heavy (non-hydrogen) atoms. The zero-order valence-electron chi connectivity index (χ0n) is 22.4. The highest BCUT2D eigenvalue weighted by atomic mass is 16.5. The number of benzene rings is 2. The van der Waals surface area contributed by atoms with Gasteiger partial charge in [0.15, 0.2) is 0 Å². The van der Waals surface area contributed by atoms with Gasteiger partial charge >= 0.3 is 5.97 Å². The molecule has 0 saturated heterocycles. The van der Waals surface area contributed by atoms with E-state index in [2.05, 4.69) is 43.4 Å². The van der Waals surface area contributed by atoms with Gasteiger partial charge in [0.05, 0.1) is 24.9 Å². The Morgan fingerprint density at radius 3 is 2.36 bits per heavy atom. The summed E-state index contributed by atoms with van der Waals surface area (Å²) in [5, 5.41) is 23.4. The Balaban J connectivity index is 1.51. The summed E-state index contributed by atoms with van der Waals surface area (Å²) in [5.74, 6) is 0.458. The normalized spacial score (nSPS) is 15.6. The van der Waals surface area contributed by atoms with Gasteiger partial charge in [-0.25, -0.2) is 0 Å². The van der Waals surface area contributed by atoms with Gasteiger partial charge in [0.1, 0.15) is 5.75 Å². The lowest BCUT2D eigenvalue weighted by Crippen LogP contribution is -2.45.